The van der Waals surface area contributed by atoms with Crippen LogP contribution in [0.15, 0.2) is 0 Å². The van der Waals surface area contributed by atoms with Gasteiger partial charge in [-0.05, 0) is 19.3 Å². The number of rotatable bonds is 4. The Labute approximate surface area is 144 Å². The van der Waals surface area contributed by atoms with Gasteiger partial charge in [0.25, 0.3) is 0 Å². The summed E-state index contributed by atoms with van der Waals surface area (Å²) in [5.74, 6) is -0.0899. The van der Waals surface area contributed by atoms with Gasteiger partial charge in [-0.1, -0.05) is 0 Å². The highest BCUT2D eigenvalue weighted by molar-refractivity contribution is 7.90. The van der Waals surface area contributed by atoms with E-state index in [2.05, 4.69) is 0 Å². The molecule has 1 atom stereocenters. The molecule has 11 heteroatoms. The van der Waals surface area contributed by atoms with Gasteiger partial charge in [0.15, 0.2) is 0 Å². The molecule has 25 heavy (non-hydrogen) atoms. The van der Waals surface area contributed by atoms with Gasteiger partial charge in [-0.25, -0.2) is 8.42 Å². The van der Waals surface area contributed by atoms with Gasteiger partial charge in [0.1, 0.15) is 6.61 Å². The Balaban J connectivity index is 1.50. The standard InChI is InChI=1S/C14H21F3N2O5S/c15-14(16,17)25(21,22)19-9-13(10-19)7-11(3-6-24-13)23-8-12(20)18-4-1-2-5-18/h11H,1-10H2/t11-/m1/s1. The number of likely N-dealkylation sites (tertiary alicyclic amines) is 1. The summed E-state index contributed by atoms with van der Waals surface area (Å²) in [6.45, 7) is 0.978. The minimum atomic E-state index is -5.32. The van der Waals surface area contributed by atoms with E-state index in [9.17, 15) is 26.4 Å². The van der Waals surface area contributed by atoms with Crippen LogP contribution in [0.1, 0.15) is 25.7 Å². The Morgan fingerprint density at radius 1 is 1.24 bits per heavy atom. The van der Waals surface area contributed by atoms with Crippen LogP contribution in [0, 0.1) is 0 Å². The lowest BCUT2D eigenvalue weighted by atomic mass is 9.86. The maximum Gasteiger partial charge on any atom is 0.511 e. The van der Waals surface area contributed by atoms with Crippen molar-refractivity contribution in [3.05, 3.63) is 0 Å². The second kappa shape index (κ2) is 6.67. The van der Waals surface area contributed by atoms with Crippen molar-refractivity contribution in [3.63, 3.8) is 0 Å². The molecule has 3 aliphatic heterocycles. The van der Waals surface area contributed by atoms with Gasteiger partial charge < -0.3 is 14.4 Å². The number of hydrogen-bond acceptors (Lipinski definition) is 5. The minimum absolute atomic E-state index is 0.0642. The largest absolute Gasteiger partial charge is 0.511 e. The summed E-state index contributed by atoms with van der Waals surface area (Å²) in [6.07, 6.45) is 2.45. The third kappa shape index (κ3) is 3.79. The fourth-order valence-electron chi connectivity index (χ4n) is 3.51. The predicted octanol–water partition coefficient (Wildman–Crippen LogP) is 0.708. The summed E-state index contributed by atoms with van der Waals surface area (Å²) in [7, 11) is -5.32. The molecular formula is C14H21F3N2O5S. The van der Waals surface area contributed by atoms with Gasteiger partial charge in [-0.3, -0.25) is 4.79 Å². The lowest BCUT2D eigenvalue weighted by Crippen LogP contribution is -2.68. The Kier molecular flexibility index (Phi) is 5.04. The van der Waals surface area contributed by atoms with Gasteiger partial charge >= 0.3 is 15.5 Å². The van der Waals surface area contributed by atoms with E-state index in [1.54, 1.807) is 4.90 Å². The average molecular weight is 386 g/mol. The number of alkyl halides is 3. The molecule has 144 valence electrons. The summed E-state index contributed by atoms with van der Waals surface area (Å²) < 4.78 is 71.9. The first-order chi connectivity index (χ1) is 11.6. The van der Waals surface area contributed by atoms with Crippen molar-refractivity contribution in [2.45, 2.75) is 42.9 Å². The Morgan fingerprint density at radius 3 is 2.48 bits per heavy atom. The molecule has 0 radical (unpaired) electrons. The minimum Gasteiger partial charge on any atom is -0.372 e. The first-order valence-corrected chi connectivity index (χ1v) is 9.67. The number of sulfonamides is 1. The van der Waals surface area contributed by atoms with Gasteiger partial charge in [-0.15, -0.1) is 0 Å². The average Bonchev–Trinajstić information content (AvgIpc) is 3.03. The third-order valence-corrected chi connectivity index (χ3v) is 6.43. The molecule has 1 spiro atoms. The molecule has 7 nitrogen and oxygen atoms in total. The lowest BCUT2D eigenvalue weighted by Gasteiger charge is -2.51. The molecule has 0 aromatic rings. The zero-order valence-corrected chi connectivity index (χ0v) is 14.4. The van der Waals surface area contributed by atoms with Gasteiger partial charge in [0.05, 0.1) is 11.7 Å². The smallest absolute Gasteiger partial charge is 0.372 e. The number of amides is 1. The third-order valence-electron chi connectivity index (χ3n) is 4.91. The monoisotopic (exact) mass is 386 g/mol. The van der Waals surface area contributed by atoms with Crippen molar-refractivity contribution in [1.29, 1.82) is 0 Å². The van der Waals surface area contributed by atoms with E-state index in [1.165, 1.54) is 0 Å². The second-order valence-corrected chi connectivity index (χ2v) is 8.69. The molecule has 0 saturated carbocycles. The summed E-state index contributed by atoms with van der Waals surface area (Å²) in [5.41, 5.74) is -6.25. The van der Waals surface area contributed by atoms with Crippen LogP contribution in [0.25, 0.3) is 0 Å². The van der Waals surface area contributed by atoms with Crippen LogP contribution in [-0.4, -0.2) is 80.1 Å². The molecular weight excluding hydrogens is 365 g/mol. The highest BCUT2D eigenvalue weighted by Gasteiger charge is 2.59. The van der Waals surface area contributed by atoms with Crippen LogP contribution in [0.3, 0.4) is 0 Å². The Bertz CT molecular complexity index is 612. The van der Waals surface area contributed by atoms with Crippen molar-refractivity contribution in [1.82, 2.24) is 9.21 Å². The van der Waals surface area contributed by atoms with Gasteiger partial charge in [-0.2, -0.15) is 17.5 Å². The van der Waals surface area contributed by atoms with E-state index < -0.39 is 21.1 Å². The summed E-state index contributed by atoms with van der Waals surface area (Å²) in [6, 6.07) is 0. The molecule has 0 aliphatic carbocycles. The molecule has 3 fully saturated rings. The SMILES string of the molecule is O=C(CO[C@@H]1CCOC2(C1)CN(S(=O)(=O)C(F)(F)F)C2)N1CCCC1. The predicted molar refractivity (Wildman–Crippen MR) is 80.0 cm³/mol. The highest BCUT2D eigenvalue weighted by atomic mass is 32.2. The van der Waals surface area contributed by atoms with E-state index >= 15 is 0 Å². The van der Waals surface area contributed by atoms with Crippen molar-refractivity contribution < 1.29 is 35.9 Å². The van der Waals surface area contributed by atoms with Crippen LogP contribution >= 0.6 is 0 Å². The molecule has 3 rings (SSSR count). The fourth-order valence-corrected chi connectivity index (χ4v) is 4.61. The number of nitrogens with zero attached hydrogens (tertiary/aromatic N) is 2. The number of carbonyl (C=O) groups is 1. The Morgan fingerprint density at radius 2 is 1.88 bits per heavy atom. The molecule has 3 aliphatic rings. The van der Waals surface area contributed by atoms with Crippen LogP contribution in [0.2, 0.25) is 0 Å². The van der Waals surface area contributed by atoms with Crippen LogP contribution in [0.5, 0.6) is 0 Å². The Hall–Kier alpha value is -0.910. The summed E-state index contributed by atoms with van der Waals surface area (Å²) in [5, 5.41) is 0. The first-order valence-electron chi connectivity index (χ1n) is 8.23. The van der Waals surface area contributed by atoms with Crippen LogP contribution in [0.4, 0.5) is 13.2 Å². The molecule has 0 unspecified atom stereocenters. The number of hydrogen-bond donors (Lipinski definition) is 0. The highest BCUT2D eigenvalue weighted by Crippen LogP contribution is 2.40. The van der Waals surface area contributed by atoms with Crippen LogP contribution < -0.4 is 0 Å². The van der Waals surface area contributed by atoms with E-state index in [0.29, 0.717) is 10.7 Å². The van der Waals surface area contributed by atoms with E-state index in [4.69, 9.17) is 9.47 Å². The zero-order chi connectivity index (χ0) is 18.3. The zero-order valence-electron chi connectivity index (χ0n) is 13.6. The fraction of sp³-hybridized carbons (Fsp3) is 0.929. The summed E-state index contributed by atoms with van der Waals surface area (Å²) >= 11 is 0. The van der Waals surface area contributed by atoms with Gasteiger partial charge in [0, 0.05) is 39.2 Å². The van der Waals surface area contributed by atoms with E-state index in [0.717, 1.165) is 25.9 Å². The quantitative estimate of drug-likeness (QED) is 0.711. The molecule has 0 bridgehead atoms. The number of ether oxygens (including phenoxy) is 2. The molecule has 0 aromatic heterocycles. The molecule has 1 amide bonds. The number of halogens is 3. The second-order valence-electron chi connectivity index (χ2n) is 6.76. The normalized spacial score (nSPS) is 27.5. The van der Waals surface area contributed by atoms with Gasteiger partial charge in [0.2, 0.25) is 5.91 Å². The van der Waals surface area contributed by atoms with E-state index in [-0.39, 0.29) is 44.7 Å². The first kappa shape index (κ1) is 18.9. The van der Waals surface area contributed by atoms with Crippen molar-refractivity contribution >= 4 is 15.9 Å². The van der Waals surface area contributed by atoms with Crippen molar-refractivity contribution in [2.75, 3.05) is 39.4 Å². The van der Waals surface area contributed by atoms with Crippen molar-refractivity contribution in [3.8, 4) is 0 Å². The molecule has 0 aromatic carbocycles. The van der Waals surface area contributed by atoms with Crippen molar-refractivity contribution in [2.24, 2.45) is 0 Å². The lowest BCUT2D eigenvalue weighted by molar-refractivity contribution is -0.183. The molecule has 3 saturated heterocycles. The summed E-state index contributed by atoms with van der Waals surface area (Å²) in [4.78, 5) is 13.7. The van der Waals surface area contributed by atoms with E-state index in [1.807, 2.05) is 0 Å². The maximum absolute atomic E-state index is 12.6. The molecule has 3 heterocycles. The maximum atomic E-state index is 12.6. The number of carbonyl (C=O) groups excluding carboxylic acids is 1. The van der Waals surface area contributed by atoms with Crippen LogP contribution in [-0.2, 0) is 24.3 Å². The molecule has 0 N–H and O–H groups in total. The topological polar surface area (TPSA) is 76.1 Å².